The molecule has 0 bridgehead atoms. The number of hydrogen-bond acceptors (Lipinski definition) is 4. The molecule has 0 saturated carbocycles. The molecule has 0 aliphatic rings. The van der Waals surface area contributed by atoms with Gasteiger partial charge in [0, 0.05) is 24.7 Å². The lowest BCUT2D eigenvalue weighted by Gasteiger charge is -2.04. The highest BCUT2D eigenvalue weighted by Crippen LogP contribution is 2.09. The number of aromatic nitrogens is 3. The van der Waals surface area contributed by atoms with Crippen LogP contribution in [0.3, 0.4) is 0 Å². The summed E-state index contributed by atoms with van der Waals surface area (Å²) in [4.78, 5) is 11.7. The Labute approximate surface area is 105 Å². The molecule has 0 saturated heterocycles. The van der Waals surface area contributed by atoms with Gasteiger partial charge in [-0.2, -0.15) is 4.98 Å². The molecule has 5 heteroatoms. The van der Waals surface area contributed by atoms with E-state index in [9.17, 15) is 0 Å². The van der Waals surface area contributed by atoms with Gasteiger partial charge in [0.05, 0.1) is 6.61 Å². The second-order valence-electron chi connectivity index (χ2n) is 3.47. The van der Waals surface area contributed by atoms with Gasteiger partial charge in [0.15, 0.2) is 0 Å². The van der Waals surface area contributed by atoms with Gasteiger partial charge in [0.25, 0.3) is 0 Å². The standard InChI is InChI=1S/C12H12ClN3O/c13-12-15-8-5-11(16-12)17-9-1-2-10-3-6-14-7-4-10/h3-8H,1-2,9H2. The zero-order chi connectivity index (χ0) is 11.9. The van der Waals surface area contributed by atoms with E-state index in [1.165, 1.54) is 5.56 Å². The lowest BCUT2D eigenvalue weighted by atomic mass is 10.1. The molecule has 0 amide bonds. The summed E-state index contributed by atoms with van der Waals surface area (Å²) in [5.74, 6) is 0.514. The maximum absolute atomic E-state index is 5.64. The molecule has 2 heterocycles. The molecule has 17 heavy (non-hydrogen) atoms. The molecule has 2 aromatic rings. The summed E-state index contributed by atoms with van der Waals surface area (Å²) in [7, 11) is 0. The molecule has 2 rings (SSSR count). The normalized spacial score (nSPS) is 10.2. The fourth-order valence-electron chi connectivity index (χ4n) is 1.40. The maximum atomic E-state index is 5.64. The smallest absolute Gasteiger partial charge is 0.225 e. The second-order valence-corrected chi connectivity index (χ2v) is 3.81. The summed E-state index contributed by atoms with van der Waals surface area (Å²) in [6, 6.07) is 5.70. The van der Waals surface area contributed by atoms with Crippen LogP contribution in [0.2, 0.25) is 5.28 Å². The van der Waals surface area contributed by atoms with Gasteiger partial charge in [-0.1, -0.05) is 0 Å². The van der Waals surface area contributed by atoms with E-state index in [0.29, 0.717) is 12.5 Å². The van der Waals surface area contributed by atoms with Gasteiger partial charge in [-0.3, -0.25) is 4.98 Å². The average Bonchev–Trinajstić information content (AvgIpc) is 2.36. The lowest BCUT2D eigenvalue weighted by molar-refractivity contribution is 0.299. The first-order chi connectivity index (χ1) is 8.34. The molecule has 0 aliphatic heterocycles. The van der Waals surface area contributed by atoms with E-state index in [1.807, 2.05) is 12.1 Å². The van der Waals surface area contributed by atoms with E-state index in [4.69, 9.17) is 16.3 Å². The van der Waals surface area contributed by atoms with Gasteiger partial charge < -0.3 is 4.74 Å². The van der Waals surface area contributed by atoms with Crippen LogP contribution in [0.5, 0.6) is 5.88 Å². The molecule has 0 N–H and O–H groups in total. The van der Waals surface area contributed by atoms with E-state index in [-0.39, 0.29) is 5.28 Å². The summed E-state index contributed by atoms with van der Waals surface area (Å²) >= 11 is 5.64. The molecule has 0 fully saturated rings. The SMILES string of the molecule is Clc1nccc(OCCCc2ccncc2)n1. The van der Waals surface area contributed by atoms with Crippen LogP contribution in [0.25, 0.3) is 0 Å². The average molecular weight is 250 g/mol. The quantitative estimate of drug-likeness (QED) is 0.604. The van der Waals surface area contributed by atoms with Crippen molar-refractivity contribution in [1.82, 2.24) is 15.0 Å². The lowest BCUT2D eigenvalue weighted by Crippen LogP contribution is -2.01. The predicted octanol–water partition coefficient (Wildman–Crippen LogP) is 2.54. The molecule has 2 aromatic heterocycles. The van der Waals surface area contributed by atoms with Gasteiger partial charge in [0.2, 0.25) is 11.2 Å². The van der Waals surface area contributed by atoms with Crippen molar-refractivity contribution in [3.8, 4) is 5.88 Å². The van der Waals surface area contributed by atoms with Gasteiger partial charge in [-0.05, 0) is 42.1 Å². The van der Waals surface area contributed by atoms with Crippen LogP contribution in [0.1, 0.15) is 12.0 Å². The van der Waals surface area contributed by atoms with Crippen LogP contribution < -0.4 is 4.74 Å². The van der Waals surface area contributed by atoms with Crippen LogP contribution in [-0.4, -0.2) is 21.6 Å². The third kappa shape index (κ3) is 4.00. The Morgan fingerprint density at radius 3 is 2.71 bits per heavy atom. The van der Waals surface area contributed by atoms with Crippen molar-refractivity contribution in [3.05, 3.63) is 47.6 Å². The van der Waals surface area contributed by atoms with Crippen molar-refractivity contribution in [2.45, 2.75) is 12.8 Å². The number of ether oxygens (including phenoxy) is 1. The fraction of sp³-hybridized carbons (Fsp3) is 0.250. The first kappa shape index (κ1) is 11.8. The molecule has 0 aromatic carbocycles. The minimum atomic E-state index is 0.205. The van der Waals surface area contributed by atoms with Gasteiger partial charge >= 0.3 is 0 Å². The molecule has 4 nitrogen and oxygen atoms in total. The highest BCUT2D eigenvalue weighted by molar-refractivity contribution is 6.28. The van der Waals surface area contributed by atoms with E-state index in [1.54, 1.807) is 24.7 Å². The molecule has 0 aliphatic carbocycles. The van der Waals surface area contributed by atoms with Crippen LogP contribution >= 0.6 is 11.6 Å². The molecular weight excluding hydrogens is 238 g/mol. The predicted molar refractivity (Wildman–Crippen MR) is 65.1 cm³/mol. The third-order valence-corrected chi connectivity index (χ3v) is 2.39. The Balaban J connectivity index is 1.73. The number of nitrogens with zero attached hydrogens (tertiary/aromatic N) is 3. The highest BCUT2D eigenvalue weighted by Gasteiger charge is 1.98. The highest BCUT2D eigenvalue weighted by atomic mass is 35.5. The number of hydrogen-bond donors (Lipinski definition) is 0. The minimum Gasteiger partial charge on any atom is -0.478 e. The van der Waals surface area contributed by atoms with E-state index >= 15 is 0 Å². The number of pyridine rings is 1. The van der Waals surface area contributed by atoms with Crippen LogP contribution in [0.4, 0.5) is 0 Å². The number of rotatable bonds is 5. The first-order valence-electron chi connectivity index (χ1n) is 5.35. The molecule has 0 unspecified atom stereocenters. The van der Waals surface area contributed by atoms with Crippen molar-refractivity contribution in [3.63, 3.8) is 0 Å². The summed E-state index contributed by atoms with van der Waals surface area (Å²) in [5.41, 5.74) is 1.25. The minimum absolute atomic E-state index is 0.205. The summed E-state index contributed by atoms with van der Waals surface area (Å²) in [6.45, 7) is 0.607. The molecule has 0 spiro atoms. The van der Waals surface area contributed by atoms with Gasteiger partial charge in [-0.25, -0.2) is 4.98 Å². The first-order valence-corrected chi connectivity index (χ1v) is 5.72. The molecule has 0 radical (unpaired) electrons. The monoisotopic (exact) mass is 249 g/mol. The van der Waals surface area contributed by atoms with Crippen molar-refractivity contribution in [2.75, 3.05) is 6.61 Å². The van der Waals surface area contributed by atoms with Crippen molar-refractivity contribution >= 4 is 11.6 Å². The van der Waals surface area contributed by atoms with E-state index < -0.39 is 0 Å². The van der Waals surface area contributed by atoms with Gasteiger partial charge in [0.1, 0.15) is 0 Å². The van der Waals surface area contributed by atoms with Gasteiger partial charge in [-0.15, -0.1) is 0 Å². The molecule has 0 atom stereocenters. The van der Waals surface area contributed by atoms with Crippen LogP contribution in [-0.2, 0) is 6.42 Å². The van der Waals surface area contributed by atoms with E-state index in [0.717, 1.165) is 12.8 Å². The Bertz CT molecular complexity index is 464. The Morgan fingerprint density at radius 1 is 1.12 bits per heavy atom. The molecule has 88 valence electrons. The Hall–Kier alpha value is -1.68. The largest absolute Gasteiger partial charge is 0.478 e. The molecular formula is C12H12ClN3O. The zero-order valence-electron chi connectivity index (χ0n) is 9.21. The van der Waals surface area contributed by atoms with Crippen molar-refractivity contribution < 1.29 is 4.74 Å². The Morgan fingerprint density at radius 2 is 1.94 bits per heavy atom. The van der Waals surface area contributed by atoms with Crippen LogP contribution in [0, 0.1) is 0 Å². The topological polar surface area (TPSA) is 47.9 Å². The van der Waals surface area contributed by atoms with Crippen molar-refractivity contribution in [2.24, 2.45) is 0 Å². The summed E-state index contributed by atoms with van der Waals surface area (Å²) < 4.78 is 5.46. The van der Waals surface area contributed by atoms with Crippen LogP contribution in [0.15, 0.2) is 36.8 Å². The van der Waals surface area contributed by atoms with E-state index in [2.05, 4.69) is 15.0 Å². The van der Waals surface area contributed by atoms with Crippen molar-refractivity contribution in [1.29, 1.82) is 0 Å². The second kappa shape index (κ2) is 6.15. The number of aryl methyl sites for hydroxylation is 1. The maximum Gasteiger partial charge on any atom is 0.225 e. The summed E-state index contributed by atoms with van der Waals surface area (Å²) in [5, 5.41) is 0.205. The zero-order valence-corrected chi connectivity index (χ0v) is 9.97. The number of halogens is 1. The summed E-state index contributed by atoms with van der Waals surface area (Å²) in [6.07, 6.45) is 7.04. The third-order valence-electron chi connectivity index (χ3n) is 2.21. The Kier molecular flexibility index (Phi) is 4.27. The fourth-order valence-corrected chi connectivity index (χ4v) is 1.54.